The average Bonchev–Trinajstić information content (AvgIpc) is 2.86. The van der Waals surface area contributed by atoms with Gasteiger partial charge in [0.15, 0.2) is 0 Å². The largest absolute Gasteiger partial charge is 0.408 e. The van der Waals surface area contributed by atoms with Gasteiger partial charge in [-0.05, 0) is 12.7 Å². The highest BCUT2D eigenvalue weighted by Crippen LogP contribution is 2.15. The van der Waals surface area contributed by atoms with Crippen molar-refractivity contribution < 1.29 is 4.42 Å². The van der Waals surface area contributed by atoms with Crippen LogP contribution in [0.15, 0.2) is 4.42 Å². The molecular formula is C12H22N4OS. The predicted molar refractivity (Wildman–Crippen MR) is 75.3 cm³/mol. The van der Waals surface area contributed by atoms with Gasteiger partial charge in [0, 0.05) is 44.9 Å². The molecule has 0 amide bonds. The summed E-state index contributed by atoms with van der Waals surface area (Å²) in [6.07, 6.45) is 4.08. The minimum absolute atomic E-state index is 0.697. The first-order valence-electron chi connectivity index (χ1n) is 6.62. The van der Waals surface area contributed by atoms with Gasteiger partial charge in [-0.3, -0.25) is 4.90 Å². The second kappa shape index (κ2) is 6.99. The smallest absolute Gasteiger partial charge is 0.318 e. The summed E-state index contributed by atoms with van der Waals surface area (Å²) >= 11 is 1.91. The van der Waals surface area contributed by atoms with E-state index in [9.17, 15) is 0 Å². The summed E-state index contributed by atoms with van der Waals surface area (Å²) in [7, 11) is 0. The van der Waals surface area contributed by atoms with Crippen molar-refractivity contribution in [1.29, 1.82) is 0 Å². The zero-order valence-corrected chi connectivity index (χ0v) is 12.1. The number of anilines is 1. The molecule has 1 fully saturated rings. The SMILES string of the molecule is CCCc1nnc(N2CCN(CCSC)CC2)o1. The predicted octanol–water partition coefficient (Wildman–Crippen LogP) is 1.51. The van der Waals surface area contributed by atoms with Gasteiger partial charge in [-0.2, -0.15) is 11.8 Å². The molecule has 18 heavy (non-hydrogen) atoms. The quantitative estimate of drug-likeness (QED) is 0.781. The van der Waals surface area contributed by atoms with Crippen molar-refractivity contribution in [2.24, 2.45) is 0 Å². The molecule has 0 spiro atoms. The molecule has 1 aromatic heterocycles. The first kappa shape index (κ1) is 13.7. The van der Waals surface area contributed by atoms with Gasteiger partial charge in [0.25, 0.3) is 0 Å². The van der Waals surface area contributed by atoms with Crippen LogP contribution in [0.3, 0.4) is 0 Å². The second-order valence-electron chi connectivity index (χ2n) is 4.55. The number of hydrogen-bond acceptors (Lipinski definition) is 6. The first-order valence-corrected chi connectivity index (χ1v) is 8.01. The van der Waals surface area contributed by atoms with E-state index in [1.165, 1.54) is 12.3 Å². The maximum Gasteiger partial charge on any atom is 0.318 e. The topological polar surface area (TPSA) is 45.4 Å². The van der Waals surface area contributed by atoms with Gasteiger partial charge in [0.2, 0.25) is 5.89 Å². The number of rotatable bonds is 6. The van der Waals surface area contributed by atoms with Gasteiger partial charge in [0.1, 0.15) is 0 Å². The number of nitrogens with zero attached hydrogens (tertiary/aromatic N) is 4. The molecule has 0 bridgehead atoms. The number of hydrogen-bond donors (Lipinski definition) is 0. The molecule has 0 aromatic carbocycles. The molecule has 2 rings (SSSR count). The summed E-state index contributed by atoms with van der Waals surface area (Å²) in [4.78, 5) is 4.69. The number of aromatic nitrogens is 2. The van der Waals surface area contributed by atoms with Crippen molar-refractivity contribution in [3.63, 3.8) is 0 Å². The summed E-state index contributed by atoms with van der Waals surface area (Å²) in [6, 6.07) is 0.697. The van der Waals surface area contributed by atoms with Crippen LogP contribution in [-0.4, -0.2) is 59.8 Å². The van der Waals surface area contributed by atoms with E-state index in [1.807, 2.05) is 11.8 Å². The Morgan fingerprint density at radius 2 is 2.00 bits per heavy atom. The minimum atomic E-state index is 0.697. The van der Waals surface area contributed by atoms with Crippen molar-refractivity contribution in [3.8, 4) is 0 Å². The van der Waals surface area contributed by atoms with E-state index < -0.39 is 0 Å². The monoisotopic (exact) mass is 270 g/mol. The Bertz CT molecular complexity index is 350. The van der Waals surface area contributed by atoms with Crippen LogP contribution in [0.1, 0.15) is 19.2 Å². The van der Waals surface area contributed by atoms with Gasteiger partial charge >= 0.3 is 6.01 Å². The third-order valence-corrected chi connectivity index (χ3v) is 3.77. The molecular weight excluding hydrogens is 248 g/mol. The van der Waals surface area contributed by atoms with E-state index in [0.717, 1.165) is 44.9 Å². The van der Waals surface area contributed by atoms with Crippen LogP contribution in [0.2, 0.25) is 0 Å². The number of aryl methyl sites for hydroxylation is 1. The highest BCUT2D eigenvalue weighted by Gasteiger charge is 2.20. The molecule has 0 unspecified atom stereocenters. The van der Waals surface area contributed by atoms with Crippen molar-refractivity contribution in [2.75, 3.05) is 49.6 Å². The molecule has 1 aliphatic rings. The second-order valence-corrected chi connectivity index (χ2v) is 5.54. The zero-order chi connectivity index (χ0) is 12.8. The molecule has 102 valence electrons. The standard InChI is InChI=1S/C12H22N4OS/c1-3-4-11-13-14-12(17-11)16-7-5-15(6-8-16)9-10-18-2/h3-10H2,1-2H3. The third kappa shape index (κ3) is 3.62. The molecule has 0 atom stereocenters. The van der Waals surface area contributed by atoms with Crippen LogP contribution in [0.4, 0.5) is 6.01 Å². The Morgan fingerprint density at radius 1 is 1.22 bits per heavy atom. The first-order chi connectivity index (χ1) is 8.83. The van der Waals surface area contributed by atoms with Crippen LogP contribution >= 0.6 is 11.8 Å². The maximum atomic E-state index is 5.66. The Balaban J connectivity index is 1.81. The lowest BCUT2D eigenvalue weighted by Gasteiger charge is -2.33. The average molecular weight is 270 g/mol. The Morgan fingerprint density at radius 3 is 2.67 bits per heavy atom. The highest BCUT2D eigenvalue weighted by atomic mass is 32.2. The lowest BCUT2D eigenvalue weighted by molar-refractivity contribution is 0.267. The lowest BCUT2D eigenvalue weighted by Crippen LogP contribution is -2.47. The molecule has 0 radical (unpaired) electrons. The van der Waals surface area contributed by atoms with Crippen molar-refractivity contribution in [2.45, 2.75) is 19.8 Å². The maximum absolute atomic E-state index is 5.66. The third-order valence-electron chi connectivity index (χ3n) is 3.17. The molecule has 6 heteroatoms. The van der Waals surface area contributed by atoms with Crippen LogP contribution in [0, 0.1) is 0 Å². The van der Waals surface area contributed by atoms with E-state index in [0.29, 0.717) is 6.01 Å². The van der Waals surface area contributed by atoms with Gasteiger partial charge in [-0.25, -0.2) is 0 Å². The van der Waals surface area contributed by atoms with Gasteiger partial charge in [-0.15, -0.1) is 5.10 Å². The fourth-order valence-electron chi connectivity index (χ4n) is 2.07. The summed E-state index contributed by atoms with van der Waals surface area (Å²) in [6.45, 7) is 7.46. The van der Waals surface area contributed by atoms with E-state index in [2.05, 4.69) is 33.2 Å². The Labute approximate surface area is 113 Å². The molecule has 0 aliphatic carbocycles. The van der Waals surface area contributed by atoms with E-state index in [4.69, 9.17) is 4.42 Å². The van der Waals surface area contributed by atoms with E-state index >= 15 is 0 Å². The van der Waals surface area contributed by atoms with E-state index in [-0.39, 0.29) is 0 Å². The molecule has 1 saturated heterocycles. The zero-order valence-electron chi connectivity index (χ0n) is 11.3. The fraction of sp³-hybridized carbons (Fsp3) is 0.833. The van der Waals surface area contributed by atoms with Gasteiger partial charge in [-0.1, -0.05) is 12.0 Å². The van der Waals surface area contributed by atoms with Crippen LogP contribution in [0.25, 0.3) is 0 Å². The van der Waals surface area contributed by atoms with Crippen LogP contribution in [-0.2, 0) is 6.42 Å². The summed E-state index contributed by atoms with van der Waals surface area (Å²) < 4.78 is 5.66. The Hall–Kier alpha value is -0.750. The molecule has 2 heterocycles. The number of piperazine rings is 1. The molecule has 1 aromatic rings. The summed E-state index contributed by atoms with van der Waals surface area (Å²) in [5.41, 5.74) is 0. The number of thioether (sulfide) groups is 1. The van der Waals surface area contributed by atoms with Gasteiger partial charge < -0.3 is 9.32 Å². The van der Waals surface area contributed by atoms with Crippen molar-refractivity contribution in [3.05, 3.63) is 5.89 Å². The Kier molecular flexibility index (Phi) is 5.31. The highest BCUT2D eigenvalue weighted by molar-refractivity contribution is 7.98. The molecule has 1 aliphatic heterocycles. The van der Waals surface area contributed by atoms with Gasteiger partial charge in [0.05, 0.1) is 0 Å². The lowest BCUT2D eigenvalue weighted by atomic mass is 10.3. The molecule has 0 N–H and O–H groups in total. The minimum Gasteiger partial charge on any atom is -0.408 e. The summed E-state index contributed by atoms with van der Waals surface area (Å²) in [5, 5.41) is 8.21. The fourth-order valence-corrected chi connectivity index (χ4v) is 2.51. The van der Waals surface area contributed by atoms with Crippen LogP contribution in [0.5, 0.6) is 0 Å². The summed E-state index contributed by atoms with van der Waals surface area (Å²) in [5.74, 6) is 1.97. The molecule has 0 saturated carbocycles. The van der Waals surface area contributed by atoms with E-state index in [1.54, 1.807) is 0 Å². The normalized spacial score (nSPS) is 17.3. The van der Waals surface area contributed by atoms with Crippen molar-refractivity contribution in [1.82, 2.24) is 15.1 Å². The van der Waals surface area contributed by atoms with Crippen LogP contribution < -0.4 is 4.90 Å². The van der Waals surface area contributed by atoms with Crippen molar-refractivity contribution >= 4 is 17.8 Å². The molecule has 5 nitrogen and oxygen atoms in total.